The predicted molar refractivity (Wildman–Crippen MR) is 259 cm³/mol. The van der Waals surface area contributed by atoms with E-state index in [4.69, 9.17) is 52.1 Å². The molecule has 0 unspecified atom stereocenters. The van der Waals surface area contributed by atoms with Gasteiger partial charge < -0.3 is 52.1 Å². The highest BCUT2D eigenvalue weighted by Crippen LogP contribution is 2.35. The van der Waals surface area contributed by atoms with Gasteiger partial charge >= 0.3 is 23.9 Å². The van der Waals surface area contributed by atoms with Gasteiger partial charge in [0.25, 0.3) is 0 Å². The summed E-state index contributed by atoms with van der Waals surface area (Å²) in [6.45, 7) is 0.985. The van der Waals surface area contributed by atoms with Crippen molar-refractivity contribution in [3.05, 3.63) is 215 Å². The van der Waals surface area contributed by atoms with Gasteiger partial charge in [0, 0.05) is 14.0 Å². The lowest BCUT2D eigenvalue weighted by molar-refractivity contribution is -0.342. The van der Waals surface area contributed by atoms with E-state index in [9.17, 15) is 19.2 Å². The zero-order chi connectivity index (χ0) is 50.1. The Morgan fingerprint density at radius 3 is 1.18 bits per heavy atom. The molecule has 0 aliphatic carbocycles. The first-order valence-electron chi connectivity index (χ1n) is 23.6. The highest BCUT2D eigenvalue weighted by molar-refractivity contribution is 5.91. The largest absolute Gasteiger partial charge is 0.463 e. The SMILES string of the molecule is CO[C@H]1O[C@H](CO[C@@H]2O[C@H](COC(C)=O)[C@@H](OCc3ccccc3)[C@H](OCc3ccccc3)[C@H]2OCc2ccccc2)[C@@H](OC(=O)c2ccccc2)[C@H](OC(=O)c2ccccc2)[C@H]1OC(=O)c1ccccc1. The molecule has 2 saturated heterocycles. The van der Waals surface area contributed by atoms with Crippen LogP contribution >= 0.6 is 0 Å². The fourth-order valence-electron chi connectivity index (χ4n) is 8.30. The summed E-state index contributed by atoms with van der Waals surface area (Å²) >= 11 is 0. The van der Waals surface area contributed by atoms with Gasteiger partial charge in [-0.2, -0.15) is 0 Å². The molecule has 2 aliphatic rings. The van der Waals surface area contributed by atoms with Crippen molar-refractivity contribution < 1.29 is 71.3 Å². The predicted octanol–water partition coefficient (Wildman–Crippen LogP) is 8.10. The Morgan fingerprint density at radius 1 is 0.389 bits per heavy atom. The first-order chi connectivity index (χ1) is 35.2. The van der Waals surface area contributed by atoms with E-state index in [1.165, 1.54) is 14.0 Å². The smallest absolute Gasteiger partial charge is 0.338 e. The number of carbonyl (C=O) groups excluding carboxylic acids is 4. The number of hydrogen-bond donors (Lipinski definition) is 0. The molecule has 2 fully saturated rings. The van der Waals surface area contributed by atoms with E-state index in [0.717, 1.165) is 16.7 Å². The molecule has 0 bridgehead atoms. The summed E-state index contributed by atoms with van der Waals surface area (Å²) in [7, 11) is 1.33. The Kier molecular flexibility index (Phi) is 18.4. The summed E-state index contributed by atoms with van der Waals surface area (Å²) in [6, 6.07) is 53.2. The van der Waals surface area contributed by atoms with E-state index >= 15 is 0 Å². The monoisotopic (exact) mass is 980 g/mol. The van der Waals surface area contributed by atoms with Crippen molar-refractivity contribution >= 4 is 23.9 Å². The average Bonchev–Trinajstić information content (AvgIpc) is 3.42. The second-order valence-electron chi connectivity index (χ2n) is 16.9. The Morgan fingerprint density at radius 2 is 0.750 bits per heavy atom. The van der Waals surface area contributed by atoms with Gasteiger partial charge in [0.15, 0.2) is 30.9 Å². The van der Waals surface area contributed by atoms with Crippen LogP contribution in [0.5, 0.6) is 0 Å². The van der Waals surface area contributed by atoms with E-state index in [-0.39, 0.29) is 43.1 Å². The van der Waals surface area contributed by atoms with Crippen molar-refractivity contribution in [1.82, 2.24) is 0 Å². The van der Waals surface area contributed by atoms with Crippen LogP contribution in [0.4, 0.5) is 0 Å². The van der Waals surface area contributed by atoms with Crippen LogP contribution in [0, 0.1) is 0 Å². The molecule has 2 aliphatic heterocycles. The first-order valence-corrected chi connectivity index (χ1v) is 23.6. The fraction of sp³-hybridized carbons (Fsp3) is 0.298. The highest BCUT2D eigenvalue weighted by atomic mass is 16.8. The van der Waals surface area contributed by atoms with Gasteiger partial charge in [0.1, 0.15) is 37.1 Å². The van der Waals surface area contributed by atoms with E-state index < -0.39 is 91.9 Å². The molecule has 0 N–H and O–H groups in total. The van der Waals surface area contributed by atoms with Crippen molar-refractivity contribution in [3.8, 4) is 0 Å². The standard InChI is InChI=1S/C57H56O15/c1-38(58)63-36-45-47(64-33-39-21-9-3-10-22-39)49(65-34-40-23-11-4-12-24-40)51(66-35-41-25-13-5-14-26-41)57(69-45)67-37-46-48(70-53(59)42-27-15-6-16-28-42)50(71-54(60)43-29-17-7-18-30-43)52(56(62-2)68-46)72-55(61)44-31-19-8-20-32-44/h3-32,45-52,56-57H,33-37H2,1-2H3/t45-,46-,47-,48-,49+,50+,51-,52-,56+,57-/m1/s1. The first kappa shape index (κ1) is 51.3. The van der Waals surface area contributed by atoms with Crippen molar-refractivity contribution in [2.45, 2.75) is 88.2 Å². The number of esters is 4. The van der Waals surface area contributed by atoms with Gasteiger partial charge in [-0.15, -0.1) is 0 Å². The fourth-order valence-corrected chi connectivity index (χ4v) is 8.30. The molecular weight excluding hydrogens is 925 g/mol. The molecule has 0 radical (unpaired) electrons. The molecule has 374 valence electrons. The van der Waals surface area contributed by atoms with Crippen LogP contribution in [0.1, 0.15) is 54.7 Å². The summed E-state index contributed by atoms with van der Waals surface area (Å²) in [5, 5.41) is 0. The lowest BCUT2D eigenvalue weighted by Crippen LogP contribution is -2.64. The van der Waals surface area contributed by atoms with Gasteiger partial charge in [-0.05, 0) is 53.1 Å². The summed E-state index contributed by atoms with van der Waals surface area (Å²) < 4.78 is 70.3. The maximum atomic E-state index is 14.1. The molecule has 8 rings (SSSR count). The van der Waals surface area contributed by atoms with Crippen molar-refractivity contribution in [2.24, 2.45) is 0 Å². The van der Waals surface area contributed by atoms with Crippen LogP contribution in [0.2, 0.25) is 0 Å². The number of methoxy groups -OCH3 is 1. The number of hydrogen-bond acceptors (Lipinski definition) is 15. The van der Waals surface area contributed by atoms with Crippen LogP contribution < -0.4 is 0 Å². The van der Waals surface area contributed by atoms with Crippen LogP contribution in [-0.2, 0) is 76.7 Å². The minimum Gasteiger partial charge on any atom is -0.463 e. The van der Waals surface area contributed by atoms with Gasteiger partial charge in [0.05, 0.1) is 43.1 Å². The third-order valence-electron chi connectivity index (χ3n) is 11.9. The molecule has 6 aromatic carbocycles. The molecule has 0 amide bonds. The minimum absolute atomic E-state index is 0.0922. The van der Waals surface area contributed by atoms with E-state index in [0.29, 0.717) is 0 Å². The molecule has 6 aromatic rings. The van der Waals surface area contributed by atoms with E-state index in [1.54, 1.807) is 91.0 Å². The second-order valence-corrected chi connectivity index (χ2v) is 16.9. The quantitative estimate of drug-likeness (QED) is 0.0501. The molecule has 10 atom stereocenters. The number of rotatable bonds is 21. The third kappa shape index (κ3) is 13.9. The zero-order valence-corrected chi connectivity index (χ0v) is 39.8. The molecule has 0 spiro atoms. The number of ether oxygens (including phenoxy) is 11. The Balaban J connectivity index is 1.16. The summed E-state index contributed by atoms with van der Waals surface area (Å²) in [5.74, 6) is -2.94. The highest BCUT2D eigenvalue weighted by Gasteiger charge is 2.55. The lowest BCUT2D eigenvalue weighted by Gasteiger charge is -2.47. The molecule has 0 saturated carbocycles. The van der Waals surface area contributed by atoms with Gasteiger partial charge in [0.2, 0.25) is 0 Å². The minimum atomic E-state index is -1.54. The topological polar surface area (TPSA) is 170 Å². The summed E-state index contributed by atoms with van der Waals surface area (Å²) in [4.78, 5) is 54.4. The molecular formula is C57H56O15. The second kappa shape index (κ2) is 25.9. The molecule has 15 nitrogen and oxygen atoms in total. The maximum Gasteiger partial charge on any atom is 0.338 e. The van der Waals surface area contributed by atoms with Crippen LogP contribution in [0.3, 0.4) is 0 Å². The Hall–Kier alpha value is -7.08. The van der Waals surface area contributed by atoms with Gasteiger partial charge in [-0.1, -0.05) is 146 Å². The van der Waals surface area contributed by atoms with Crippen LogP contribution in [0.25, 0.3) is 0 Å². The molecule has 2 heterocycles. The van der Waals surface area contributed by atoms with E-state index in [2.05, 4.69) is 0 Å². The van der Waals surface area contributed by atoms with Gasteiger partial charge in [-0.3, -0.25) is 4.79 Å². The zero-order valence-electron chi connectivity index (χ0n) is 39.8. The number of carbonyl (C=O) groups is 4. The van der Waals surface area contributed by atoms with Crippen molar-refractivity contribution in [1.29, 1.82) is 0 Å². The summed E-state index contributed by atoms with van der Waals surface area (Å²) in [5.41, 5.74) is 3.12. The molecule has 0 aromatic heterocycles. The maximum absolute atomic E-state index is 14.1. The normalized spacial score (nSPS) is 23.8. The lowest BCUT2D eigenvalue weighted by atomic mass is 9.96. The number of benzene rings is 6. The Bertz CT molecular complexity index is 2610. The van der Waals surface area contributed by atoms with Crippen LogP contribution in [-0.4, -0.2) is 106 Å². The average molecular weight is 981 g/mol. The molecule has 72 heavy (non-hydrogen) atoms. The Labute approximate surface area is 417 Å². The van der Waals surface area contributed by atoms with Crippen LogP contribution in [0.15, 0.2) is 182 Å². The van der Waals surface area contributed by atoms with E-state index in [1.807, 2.05) is 91.0 Å². The summed E-state index contributed by atoms with van der Waals surface area (Å²) in [6.07, 6.45) is -12.4. The van der Waals surface area contributed by atoms with Crippen molar-refractivity contribution in [2.75, 3.05) is 20.3 Å². The molecule has 15 heteroatoms. The van der Waals surface area contributed by atoms with Crippen molar-refractivity contribution in [3.63, 3.8) is 0 Å². The third-order valence-corrected chi connectivity index (χ3v) is 11.9. The van der Waals surface area contributed by atoms with Gasteiger partial charge in [-0.25, -0.2) is 14.4 Å².